The largest absolute Gasteiger partial charge is 0.491 e. The minimum atomic E-state index is -0.297. The van der Waals surface area contributed by atoms with Crippen LogP contribution >= 0.6 is 23.8 Å². The number of thiocarbonyl (C=S) groups is 1. The van der Waals surface area contributed by atoms with E-state index in [2.05, 4.69) is 10.6 Å². The van der Waals surface area contributed by atoms with Gasteiger partial charge in [0.15, 0.2) is 5.11 Å². The zero-order valence-electron chi connectivity index (χ0n) is 12.8. The standard InChI is InChI=1S/C17H17ClN2O2S/c1-11(2)22-15-5-3-4-14(10-15)19-17(23)20-16(21)12-6-8-13(18)9-7-12/h3-11H,1-2H3,(H2,19,20,21,23). The second kappa shape index (κ2) is 7.94. The molecule has 2 aromatic rings. The van der Waals surface area contributed by atoms with Crippen molar-refractivity contribution in [1.82, 2.24) is 5.32 Å². The van der Waals surface area contributed by atoms with E-state index in [1.165, 1.54) is 0 Å². The predicted molar refractivity (Wildman–Crippen MR) is 97.3 cm³/mol. The summed E-state index contributed by atoms with van der Waals surface area (Å²) in [7, 11) is 0. The SMILES string of the molecule is CC(C)Oc1cccc(NC(=S)NC(=O)c2ccc(Cl)cc2)c1. The van der Waals surface area contributed by atoms with Crippen LogP contribution in [-0.4, -0.2) is 17.1 Å². The third-order valence-corrected chi connectivity index (χ3v) is 3.25. The molecule has 23 heavy (non-hydrogen) atoms. The van der Waals surface area contributed by atoms with Crippen molar-refractivity contribution in [3.05, 3.63) is 59.1 Å². The average molecular weight is 349 g/mol. The van der Waals surface area contributed by atoms with Crippen molar-refractivity contribution in [3.63, 3.8) is 0 Å². The molecule has 0 unspecified atom stereocenters. The summed E-state index contributed by atoms with van der Waals surface area (Å²) in [4.78, 5) is 12.1. The van der Waals surface area contributed by atoms with E-state index in [1.54, 1.807) is 24.3 Å². The van der Waals surface area contributed by atoms with Gasteiger partial charge in [-0.2, -0.15) is 0 Å². The van der Waals surface area contributed by atoms with Crippen LogP contribution in [0.4, 0.5) is 5.69 Å². The molecule has 0 aromatic heterocycles. The third-order valence-electron chi connectivity index (χ3n) is 2.80. The first-order valence-electron chi connectivity index (χ1n) is 7.08. The first kappa shape index (κ1) is 17.2. The maximum atomic E-state index is 12.1. The topological polar surface area (TPSA) is 50.4 Å². The van der Waals surface area contributed by atoms with Gasteiger partial charge >= 0.3 is 0 Å². The Hall–Kier alpha value is -2.11. The van der Waals surface area contributed by atoms with Gasteiger partial charge in [-0.15, -0.1) is 0 Å². The summed E-state index contributed by atoms with van der Waals surface area (Å²) in [6.07, 6.45) is 0.0850. The lowest BCUT2D eigenvalue weighted by Gasteiger charge is -2.13. The Morgan fingerprint density at radius 2 is 1.87 bits per heavy atom. The zero-order valence-corrected chi connectivity index (χ0v) is 14.4. The third kappa shape index (κ3) is 5.54. The van der Waals surface area contributed by atoms with Gasteiger partial charge in [-0.3, -0.25) is 10.1 Å². The van der Waals surface area contributed by atoms with Crippen LogP contribution in [0.15, 0.2) is 48.5 Å². The molecule has 0 aliphatic carbocycles. The Morgan fingerprint density at radius 3 is 2.52 bits per heavy atom. The minimum absolute atomic E-state index is 0.0850. The van der Waals surface area contributed by atoms with Crippen molar-refractivity contribution >= 4 is 40.5 Å². The molecule has 0 spiro atoms. The van der Waals surface area contributed by atoms with Crippen molar-refractivity contribution in [2.24, 2.45) is 0 Å². The molecule has 2 aromatic carbocycles. The number of nitrogens with one attached hydrogen (secondary N) is 2. The monoisotopic (exact) mass is 348 g/mol. The van der Waals surface area contributed by atoms with E-state index in [0.29, 0.717) is 10.6 Å². The number of amides is 1. The van der Waals surface area contributed by atoms with E-state index in [-0.39, 0.29) is 17.1 Å². The summed E-state index contributed by atoms with van der Waals surface area (Å²) in [5, 5.41) is 6.37. The molecule has 6 heteroatoms. The molecule has 120 valence electrons. The first-order chi connectivity index (χ1) is 10.9. The van der Waals surface area contributed by atoms with E-state index in [1.807, 2.05) is 38.1 Å². The van der Waals surface area contributed by atoms with Crippen LogP contribution in [-0.2, 0) is 0 Å². The Balaban J connectivity index is 1.96. The van der Waals surface area contributed by atoms with E-state index < -0.39 is 0 Å². The number of halogens is 1. The van der Waals surface area contributed by atoms with Crippen LogP contribution in [0.1, 0.15) is 24.2 Å². The molecule has 0 radical (unpaired) electrons. The number of rotatable bonds is 4. The van der Waals surface area contributed by atoms with Gasteiger partial charge < -0.3 is 10.1 Å². The summed E-state index contributed by atoms with van der Waals surface area (Å²) in [5.74, 6) is 0.436. The maximum Gasteiger partial charge on any atom is 0.257 e. The van der Waals surface area contributed by atoms with Crippen molar-refractivity contribution < 1.29 is 9.53 Å². The Labute approximate surface area is 145 Å². The molecule has 1 amide bonds. The molecule has 2 N–H and O–H groups in total. The highest BCUT2D eigenvalue weighted by Crippen LogP contribution is 2.18. The number of ether oxygens (including phenoxy) is 1. The summed E-state index contributed by atoms with van der Waals surface area (Å²) >= 11 is 11.0. The zero-order chi connectivity index (χ0) is 16.8. The fourth-order valence-electron chi connectivity index (χ4n) is 1.86. The van der Waals surface area contributed by atoms with E-state index in [4.69, 9.17) is 28.6 Å². The molecule has 0 aliphatic rings. The Morgan fingerprint density at radius 1 is 1.17 bits per heavy atom. The second-order valence-corrected chi connectivity index (χ2v) is 5.95. The molecular weight excluding hydrogens is 332 g/mol. The van der Waals surface area contributed by atoms with Crippen LogP contribution in [0.25, 0.3) is 0 Å². The van der Waals surface area contributed by atoms with Crippen LogP contribution in [0, 0.1) is 0 Å². The lowest BCUT2D eigenvalue weighted by Crippen LogP contribution is -2.34. The highest BCUT2D eigenvalue weighted by molar-refractivity contribution is 7.80. The fourth-order valence-corrected chi connectivity index (χ4v) is 2.19. The number of benzene rings is 2. The molecular formula is C17H17ClN2O2S. The minimum Gasteiger partial charge on any atom is -0.491 e. The lowest BCUT2D eigenvalue weighted by molar-refractivity contribution is 0.0977. The summed E-state index contributed by atoms with van der Waals surface area (Å²) in [5.41, 5.74) is 1.22. The van der Waals surface area contributed by atoms with Gasteiger partial charge in [0.25, 0.3) is 5.91 Å². The van der Waals surface area contributed by atoms with E-state index in [9.17, 15) is 4.79 Å². The fraction of sp³-hybridized carbons (Fsp3) is 0.176. The van der Waals surface area contributed by atoms with Gasteiger partial charge in [0.05, 0.1) is 6.10 Å². The lowest BCUT2D eigenvalue weighted by atomic mass is 10.2. The van der Waals surface area contributed by atoms with Crippen LogP contribution in [0.3, 0.4) is 0 Å². The van der Waals surface area contributed by atoms with E-state index >= 15 is 0 Å². The van der Waals surface area contributed by atoms with Gasteiger partial charge in [0, 0.05) is 22.3 Å². The summed E-state index contributed by atoms with van der Waals surface area (Å²) in [6, 6.07) is 14.0. The molecule has 0 saturated carbocycles. The summed E-state index contributed by atoms with van der Waals surface area (Å²) in [6.45, 7) is 3.91. The Kier molecular flexibility index (Phi) is 5.96. The average Bonchev–Trinajstić information content (AvgIpc) is 2.47. The highest BCUT2D eigenvalue weighted by atomic mass is 35.5. The molecule has 0 atom stereocenters. The maximum absolute atomic E-state index is 12.1. The number of carbonyl (C=O) groups is 1. The van der Waals surface area contributed by atoms with Gasteiger partial charge in [-0.1, -0.05) is 17.7 Å². The van der Waals surface area contributed by atoms with Gasteiger partial charge in [0.1, 0.15) is 5.75 Å². The highest BCUT2D eigenvalue weighted by Gasteiger charge is 2.08. The van der Waals surface area contributed by atoms with E-state index in [0.717, 1.165) is 11.4 Å². The van der Waals surface area contributed by atoms with Crippen LogP contribution < -0.4 is 15.4 Å². The second-order valence-electron chi connectivity index (χ2n) is 5.11. The molecule has 0 heterocycles. The molecule has 0 fully saturated rings. The van der Waals surface area contributed by atoms with Crippen molar-refractivity contribution in [2.75, 3.05) is 5.32 Å². The van der Waals surface area contributed by atoms with Crippen molar-refractivity contribution in [3.8, 4) is 5.75 Å². The molecule has 0 aliphatic heterocycles. The van der Waals surface area contributed by atoms with Gasteiger partial charge in [-0.05, 0) is 62.5 Å². The molecule has 0 bridgehead atoms. The smallest absolute Gasteiger partial charge is 0.257 e. The predicted octanol–water partition coefficient (Wildman–Crippen LogP) is 4.25. The van der Waals surface area contributed by atoms with Crippen LogP contribution in [0.2, 0.25) is 5.02 Å². The van der Waals surface area contributed by atoms with Gasteiger partial charge in [-0.25, -0.2) is 0 Å². The number of hydrogen-bond acceptors (Lipinski definition) is 3. The van der Waals surface area contributed by atoms with Crippen molar-refractivity contribution in [2.45, 2.75) is 20.0 Å². The quantitative estimate of drug-likeness (QED) is 0.811. The molecule has 0 saturated heterocycles. The first-order valence-corrected chi connectivity index (χ1v) is 7.87. The van der Waals surface area contributed by atoms with Crippen molar-refractivity contribution in [1.29, 1.82) is 0 Å². The normalized spacial score (nSPS) is 10.3. The number of carbonyl (C=O) groups excluding carboxylic acids is 1. The van der Waals surface area contributed by atoms with Gasteiger partial charge in [0.2, 0.25) is 0 Å². The Bertz CT molecular complexity index is 702. The molecule has 2 rings (SSSR count). The van der Waals surface area contributed by atoms with Crippen LogP contribution in [0.5, 0.6) is 5.75 Å². The molecule has 4 nitrogen and oxygen atoms in total. The number of anilines is 1. The number of hydrogen-bond donors (Lipinski definition) is 2. The summed E-state index contributed by atoms with van der Waals surface area (Å²) < 4.78 is 5.61.